The van der Waals surface area contributed by atoms with Gasteiger partial charge in [0.1, 0.15) is 5.82 Å². The number of aromatic nitrogens is 1. The van der Waals surface area contributed by atoms with Crippen molar-refractivity contribution in [1.82, 2.24) is 4.98 Å². The highest BCUT2D eigenvalue weighted by Crippen LogP contribution is 2.28. The number of anilines is 1. The quantitative estimate of drug-likeness (QED) is 0.777. The van der Waals surface area contributed by atoms with Crippen LogP contribution in [0.4, 0.5) is 5.82 Å². The number of aliphatic hydroxyl groups is 1. The second kappa shape index (κ2) is 6.43. The summed E-state index contributed by atoms with van der Waals surface area (Å²) in [7, 11) is 0. The van der Waals surface area contributed by atoms with Crippen molar-refractivity contribution in [3.8, 4) is 0 Å². The van der Waals surface area contributed by atoms with Gasteiger partial charge in [0.2, 0.25) is 0 Å². The normalized spacial score (nSPS) is 17.7. The van der Waals surface area contributed by atoms with Crippen LogP contribution >= 0.6 is 0 Å². The Labute approximate surface area is 125 Å². The van der Waals surface area contributed by atoms with Crippen molar-refractivity contribution >= 4 is 11.8 Å². The average Bonchev–Trinajstić information content (AvgIpc) is 2.45. The van der Waals surface area contributed by atoms with E-state index in [0.29, 0.717) is 12.4 Å². The molecule has 1 aromatic heterocycles. The van der Waals surface area contributed by atoms with E-state index in [4.69, 9.17) is 0 Å². The fourth-order valence-electron chi connectivity index (χ4n) is 2.70. The molecule has 1 fully saturated rings. The van der Waals surface area contributed by atoms with E-state index in [1.54, 1.807) is 6.07 Å². The Morgan fingerprint density at radius 3 is 2.57 bits per heavy atom. The predicted octanol–water partition coefficient (Wildman–Crippen LogP) is 3.01. The van der Waals surface area contributed by atoms with E-state index in [1.165, 1.54) is 12.5 Å². The number of aromatic carboxylic acids is 1. The standard InChI is InChI=1S/C16H24N2O3/c1-11(2)13-8-12(15(19)20)9-14(18-13)17-10-16(21)6-4-3-5-7-16/h8-9,11,21H,3-7,10H2,1-2H3,(H,17,18)(H,19,20). The Kier molecular flexibility index (Phi) is 4.83. The molecule has 3 N–H and O–H groups in total. The van der Waals surface area contributed by atoms with Crippen LogP contribution in [0, 0.1) is 0 Å². The Morgan fingerprint density at radius 2 is 2.00 bits per heavy atom. The molecule has 0 radical (unpaired) electrons. The van der Waals surface area contributed by atoms with Crippen LogP contribution < -0.4 is 5.32 Å². The van der Waals surface area contributed by atoms with Crippen LogP contribution in [0.5, 0.6) is 0 Å². The number of carboxylic acids is 1. The van der Waals surface area contributed by atoms with Gasteiger partial charge in [-0.15, -0.1) is 0 Å². The van der Waals surface area contributed by atoms with Crippen LogP contribution in [0.25, 0.3) is 0 Å². The second-order valence-electron chi connectivity index (χ2n) is 6.26. The zero-order valence-electron chi connectivity index (χ0n) is 12.7. The van der Waals surface area contributed by atoms with Gasteiger partial charge in [-0.2, -0.15) is 0 Å². The van der Waals surface area contributed by atoms with Gasteiger partial charge in [0.15, 0.2) is 0 Å². The molecular formula is C16H24N2O3. The molecule has 1 aliphatic carbocycles. The third kappa shape index (κ3) is 4.17. The molecule has 116 valence electrons. The van der Waals surface area contributed by atoms with Crippen molar-refractivity contribution in [2.24, 2.45) is 0 Å². The molecule has 0 aromatic carbocycles. The van der Waals surface area contributed by atoms with E-state index in [1.807, 2.05) is 13.8 Å². The number of nitrogens with one attached hydrogen (secondary N) is 1. The number of carboxylic acid groups (broad SMARTS) is 1. The third-order valence-corrected chi connectivity index (χ3v) is 4.07. The maximum absolute atomic E-state index is 11.2. The van der Waals surface area contributed by atoms with Gasteiger partial charge in [-0.05, 0) is 30.9 Å². The number of hydrogen-bond donors (Lipinski definition) is 3. The van der Waals surface area contributed by atoms with E-state index in [2.05, 4.69) is 10.3 Å². The summed E-state index contributed by atoms with van der Waals surface area (Å²) >= 11 is 0. The molecule has 1 heterocycles. The first-order valence-corrected chi connectivity index (χ1v) is 7.61. The molecule has 0 spiro atoms. The lowest BCUT2D eigenvalue weighted by Crippen LogP contribution is -2.39. The fourth-order valence-corrected chi connectivity index (χ4v) is 2.70. The monoisotopic (exact) mass is 292 g/mol. The van der Waals surface area contributed by atoms with Gasteiger partial charge in [0.05, 0.1) is 11.2 Å². The number of rotatable bonds is 5. The summed E-state index contributed by atoms with van der Waals surface area (Å²) in [4.78, 5) is 15.6. The topological polar surface area (TPSA) is 82.5 Å². The first-order chi connectivity index (χ1) is 9.89. The number of carbonyl (C=O) groups is 1. The molecule has 0 atom stereocenters. The SMILES string of the molecule is CC(C)c1cc(C(=O)O)cc(NCC2(O)CCCCC2)n1. The second-order valence-corrected chi connectivity index (χ2v) is 6.26. The van der Waals surface area contributed by atoms with Crippen LogP contribution in [0.3, 0.4) is 0 Å². The van der Waals surface area contributed by atoms with Crippen molar-refractivity contribution < 1.29 is 15.0 Å². The molecule has 0 unspecified atom stereocenters. The highest BCUT2D eigenvalue weighted by molar-refractivity contribution is 5.88. The van der Waals surface area contributed by atoms with Crippen molar-refractivity contribution in [2.45, 2.75) is 57.5 Å². The Morgan fingerprint density at radius 1 is 1.33 bits per heavy atom. The largest absolute Gasteiger partial charge is 0.478 e. The Balaban J connectivity index is 2.13. The van der Waals surface area contributed by atoms with Crippen LogP contribution in [-0.4, -0.2) is 33.3 Å². The predicted molar refractivity (Wildman–Crippen MR) is 81.8 cm³/mol. The summed E-state index contributed by atoms with van der Waals surface area (Å²) in [6.45, 7) is 4.37. The third-order valence-electron chi connectivity index (χ3n) is 4.07. The number of nitrogens with zero attached hydrogens (tertiary/aromatic N) is 1. The molecular weight excluding hydrogens is 268 g/mol. The van der Waals surface area contributed by atoms with Crippen LogP contribution in [0.15, 0.2) is 12.1 Å². The molecule has 5 nitrogen and oxygen atoms in total. The fraction of sp³-hybridized carbons (Fsp3) is 0.625. The maximum atomic E-state index is 11.2. The molecule has 5 heteroatoms. The van der Waals surface area contributed by atoms with Crippen molar-refractivity contribution in [1.29, 1.82) is 0 Å². The zero-order chi connectivity index (χ0) is 15.5. The van der Waals surface area contributed by atoms with Crippen LogP contribution in [-0.2, 0) is 0 Å². The summed E-state index contributed by atoms with van der Waals surface area (Å²) in [6, 6.07) is 3.13. The molecule has 2 rings (SSSR count). The lowest BCUT2D eigenvalue weighted by molar-refractivity contribution is 0.0166. The summed E-state index contributed by atoms with van der Waals surface area (Å²) in [5, 5.41) is 22.8. The first kappa shape index (κ1) is 15.8. The number of hydrogen-bond acceptors (Lipinski definition) is 4. The minimum absolute atomic E-state index is 0.155. The average molecular weight is 292 g/mol. The molecule has 1 aromatic rings. The van der Waals surface area contributed by atoms with E-state index >= 15 is 0 Å². The molecule has 0 bridgehead atoms. The molecule has 0 aliphatic heterocycles. The summed E-state index contributed by atoms with van der Waals surface area (Å²) in [6.07, 6.45) is 4.83. The maximum Gasteiger partial charge on any atom is 0.335 e. The zero-order valence-corrected chi connectivity index (χ0v) is 12.7. The first-order valence-electron chi connectivity index (χ1n) is 7.61. The molecule has 0 saturated heterocycles. The summed E-state index contributed by atoms with van der Waals surface area (Å²) in [5.74, 6) is -0.279. The van der Waals surface area contributed by atoms with E-state index < -0.39 is 11.6 Å². The van der Waals surface area contributed by atoms with Gasteiger partial charge in [0, 0.05) is 12.2 Å². The van der Waals surface area contributed by atoms with E-state index in [9.17, 15) is 15.0 Å². The molecule has 0 amide bonds. The van der Waals surface area contributed by atoms with E-state index in [0.717, 1.165) is 31.4 Å². The summed E-state index contributed by atoms with van der Waals surface area (Å²) < 4.78 is 0. The Hall–Kier alpha value is -1.62. The van der Waals surface area contributed by atoms with Gasteiger partial charge in [-0.25, -0.2) is 9.78 Å². The van der Waals surface area contributed by atoms with E-state index in [-0.39, 0.29) is 11.5 Å². The minimum Gasteiger partial charge on any atom is -0.478 e. The summed E-state index contributed by atoms with van der Waals surface area (Å²) in [5.41, 5.74) is 0.275. The van der Waals surface area contributed by atoms with Crippen LogP contribution in [0.2, 0.25) is 0 Å². The highest BCUT2D eigenvalue weighted by atomic mass is 16.4. The van der Waals surface area contributed by atoms with Gasteiger partial charge in [-0.1, -0.05) is 33.1 Å². The molecule has 1 saturated carbocycles. The van der Waals surface area contributed by atoms with Crippen molar-refractivity contribution in [3.05, 3.63) is 23.4 Å². The lowest BCUT2D eigenvalue weighted by Gasteiger charge is -2.32. The van der Waals surface area contributed by atoms with Crippen molar-refractivity contribution in [3.63, 3.8) is 0 Å². The number of pyridine rings is 1. The van der Waals surface area contributed by atoms with Gasteiger partial charge in [0.25, 0.3) is 0 Å². The highest BCUT2D eigenvalue weighted by Gasteiger charge is 2.29. The Bertz CT molecular complexity index is 508. The van der Waals surface area contributed by atoms with Gasteiger partial charge in [-0.3, -0.25) is 0 Å². The molecule has 21 heavy (non-hydrogen) atoms. The van der Waals surface area contributed by atoms with Crippen LogP contribution in [0.1, 0.15) is 67.9 Å². The minimum atomic E-state index is -0.960. The molecule has 1 aliphatic rings. The van der Waals surface area contributed by atoms with Crippen molar-refractivity contribution in [2.75, 3.05) is 11.9 Å². The smallest absolute Gasteiger partial charge is 0.335 e. The van der Waals surface area contributed by atoms with Gasteiger partial charge >= 0.3 is 5.97 Å². The van der Waals surface area contributed by atoms with Gasteiger partial charge < -0.3 is 15.5 Å². The lowest BCUT2D eigenvalue weighted by atomic mass is 9.85.